The molecule has 11 nitrogen and oxygen atoms in total. The minimum atomic E-state index is -1.59. The van der Waals surface area contributed by atoms with Crippen LogP contribution < -0.4 is 5.32 Å². The molecular weight excluding hydrogens is 871 g/mol. The number of hydrogen-bond acceptors (Lipinski definition) is 10. The zero-order valence-electron chi connectivity index (χ0n) is 43.8. The minimum absolute atomic E-state index is 0.0324. The molecule has 1 aliphatic heterocycles. The molecule has 1 fully saturated rings. The van der Waals surface area contributed by atoms with Crippen molar-refractivity contribution in [3.63, 3.8) is 0 Å². The summed E-state index contributed by atoms with van der Waals surface area (Å²) in [5.41, 5.74) is 0. The largest absolute Gasteiger partial charge is 0.466 e. The van der Waals surface area contributed by atoms with E-state index in [1.165, 1.54) is 96.3 Å². The van der Waals surface area contributed by atoms with E-state index in [4.69, 9.17) is 14.2 Å². The summed E-state index contributed by atoms with van der Waals surface area (Å²) in [6, 6.07) is -0.846. The van der Waals surface area contributed by atoms with Crippen molar-refractivity contribution in [3.05, 3.63) is 60.8 Å². The van der Waals surface area contributed by atoms with Crippen LogP contribution in [-0.4, -0.2) is 100 Å². The molecule has 1 heterocycles. The first-order valence-corrected chi connectivity index (χ1v) is 28.1. The van der Waals surface area contributed by atoms with Crippen LogP contribution in [0.25, 0.3) is 0 Å². The van der Waals surface area contributed by atoms with Gasteiger partial charge in [-0.25, -0.2) is 0 Å². The molecule has 1 amide bonds. The highest BCUT2D eigenvalue weighted by Gasteiger charge is 2.44. The molecule has 0 saturated carbocycles. The van der Waals surface area contributed by atoms with Gasteiger partial charge < -0.3 is 45.1 Å². The summed E-state index contributed by atoms with van der Waals surface area (Å²) in [7, 11) is 0. The predicted molar refractivity (Wildman–Crippen MR) is 283 cm³/mol. The smallest absolute Gasteiger partial charge is 0.305 e. The predicted octanol–water partition coefficient (Wildman–Crippen LogP) is 12.3. The number of nitrogens with one attached hydrogen (secondary N) is 1. The topological polar surface area (TPSA) is 175 Å². The highest BCUT2D eigenvalue weighted by Crippen LogP contribution is 2.23. The summed E-state index contributed by atoms with van der Waals surface area (Å²) < 4.78 is 16.6. The third-order valence-electron chi connectivity index (χ3n) is 12.8. The Labute approximate surface area is 420 Å². The van der Waals surface area contributed by atoms with Crippen molar-refractivity contribution in [2.75, 3.05) is 19.8 Å². The van der Waals surface area contributed by atoms with Crippen LogP contribution in [0, 0.1) is 0 Å². The number of esters is 1. The lowest BCUT2D eigenvalue weighted by Crippen LogP contribution is -2.60. The summed E-state index contributed by atoms with van der Waals surface area (Å²) in [6.07, 6.45) is 50.4. The maximum absolute atomic E-state index is 13.0. The van der Waals surface area contributed by atoms with Crippen LogP contribution in [0.1, 0.15) is 232 Å². The van der Waals surface area contributed by atoms with E-state index in [0.717, 1.165) is 103 Å². The van der Waals surface area contributed by atoms with E-state index in [1.807, 2.05) is 6.08 Å². The molecule has 0 aromatic heterocycles. The molecule has 0 spiro atoms. The normalized spacial score (nSPS) is 19.8. The van der Waals surface area contributed by atoms with Crippen molar-refractivity contribution in [2.24, 2.45) is 0 Å². The van der Waals surface area contributed by atoms with Gasteiger partial charge in [-0.15, -0.1) is 0 Å². The second-order valence-electron chi connectivity index (χ2n) is 19.2. The molecule has 69 heavy (non-hydrogen) atoms. The lowest BCUT2D eigenvalue weighted by Gasteiger charge is -2.40. The number of hydrogen-bond donors (Lipinski definition) is 6. The van der Waals surface area contributed by atoms with Crippen LogP contribution in [0.4, 0.5) is 0 Å². The van der Waals surface area contributed by atoms with Crippen molar-refractivity contribution in [1.82, 2.24) is 5.32 Å². The van der Waals surface area contributed by atoms with E-state index in [-0.39, 0.29) is 18.5 Å². The number of aliphatic hydroxyl groups excluding tert-OH is 5. The molecule has 1 saturated heterocycles. The molecule has 0 aliphatic carbocycles. The number of rotatable bonds is 47. The van der Waals surface area contributed by atoms with E-state index < -0.39 is 49.5 Å². The van der Waals surface area contributed by atoms with Crippen molar-refractivity contribution in [1.29, 1.82) is 0 Å². The van der Waals surface area contributed by atoms with Gasteiger partial charge in [-0.05, 0) is 89.9 Å². The van der Waals surface area contributed by atoms with Gasteiger partial charge in [-0.3, -0.25) is 9.59 Å². The van der Waals surface area contributed by atoms with Crippen molar-refractivity contribution >= 4 is 11.9 Å². The second-order valence-corrected chi connectivity index (χ2v) is 19.2. The maximum atomic E-state index is 13.0. The third kappa shape index (κ3) is 37.8. The van der Waals surface area contributed by atoms with Crippen LogP contribution in [-0.2, 0) is 23.8 Å². The first-order valence-electron chi connectivity index (χ1n) is 28.1. The van der Waals surface area contributed by atoms with Crippen molar-refractivity contribution in [3.8, 4) is 0 Å². The molecule has 0 radical (unpaired) electrons. The minimum Gasteiger partial charge on any atom is -0.466 e. The van der Waals surface area contributed by atoms with Crippen molar-refractivity contribution < 1.29 is 49.3 Å². The zero-order chi connectivity index (χ0) is 50.3. The molecule has 6 N–H and O–H groups in total. The van der Waals surface area contributed by atoms with Crippen molar-refractivity contribution in [2.45, 2.75) is 275 Å². The monoisotopic (exact) mass is 974 g/mol. The molecule has 1 aliphatic rings. The molecular formula is C58H103NO10. The van der Waals surface area contributed by atoms with Crippen LogP contribution in [0.15, 0.2) is 60.8 Å². The summed E-state index contributed by atoms with van der Waals surface area (Å²) in [5, 5.41) is 54.1. The third-order valence-corrected chi connectivity index (χ3v) is 12.8. The lowest BCUT2D eigenvalue weighted by molar-refractivity contribution is -0.302. The number of allylic oxidation sites excluding steroid dienone is 9. The van der Waals surface area contributed by atoms with Gasteiger partial charge in [0, 0.05) is 12.8 Å². The molecule has 0 bridgehead atoms. The molecule has 400 valence electrons. The van der Waals surface area contributed by atoms with Gasteiger partial charge in [0.05, 0.1) is 32.0 Å². The van der Waals surface area contributed by atoms with Crippen LogP contribution in [0.5, 0.6) is 0 Å². The van der Waals surface area contributed by atoms with E-state index >= 15 is 0 Å². The molecule has 7 unspecified atom stereocenters. The number of amides is 1. The van der Waals surface area contributed by atoms with Gasteiger partial charge in [0.25, 0.3) is 0 Å². The van der Waals surface area contributed by atoms with E-state index in [0.29, 0.717) is 25.9 Å². The standard InChI is InChI=1S/C58H103NO10/c1-3-5-7-9-11-13-15-16-23-26-30-34-38-42-46-54(63)67-47-43-39-35-31-27-24-21-19-17-18-20-22-25-29-33-37-41-45-53(62)59-50(49-68-58-57(66)56(65)55(64)52(48-60)69-58)51(61)44-40-36-32-28-14-12-10-8-6-4-2/h6,8,14,17,19,24,27-28,40,44,50-52,55-58,60-61,64-66H,3-5,7,9-13,15-16,18,20-23,25-26,29-39,41-43,45-49H2,1-2H3,(H,59,62)/b8-6+,19-17-,27-24-,28-14+,44-40+. The average molecular weight is 974 g/mol. The Kier molecular flexibility index (Phi) is 44.5. The first kappa shape index (κ1) is 64.4. The van der Waals surface area contributed by atoms with E-state index in [1.54, 1.807) is 6.08 Å². The van der Waals surface area contributed by atoms with Crippen LogP contribution in [0.2, 0.25) is 0 Å². The summed E-state index contributed by atoms with van der Waals surface area (Å²) in [6.45, 7) is 4.13. The molecule has 0 aromatic rings. The Morgan fingerprint density at radius 2 is 1.03 bits per heavy atom. The Bertz CT molecular complexity index is 1330. The zero-order valence-corrected chi connectivity index (χ0v) is 43.8. The lowest BCUT2D eigenvalue weighted by atomic mass is 9.99. The van der Waals surface area contributed by atoms with Gasteiger partial charge in [0.2, 0.25) is 5.91 Å². The number of ether oxygens (including phenoxy) is 3. The highest BCUT2D eigenvalue weighted by molar-refractivity contribution is 5.76. The van der Waals surface area contributed by atoms with Gasteiger partial charge in [-0.1, -0.05) is 190 Å². The quantitative estimate of drug-likeness (QED) is 0.0196. The van der Waals surface area contributed by atoms with E-state index in [9.17, 15) is 35.1 Å². The SMILES string of the molecule is CC/C=C/CC/C=C/CC/C=C/C(O)C(COC1OC(CO)C(O)C(O)C1O)NC(=O)CCCCCCCCC/C=C\C/C=C\CCCCCOC(=O)CCCCCCCCCCCCCCCC. The van der Waals surface area contributed by atoms with E-state index in [2.05, 4.69) is 67.8 Å². The summed E-state index contributed by atoms with van der Waals surface area (Å²) in [4.78, 5) is 25.0. The Morgan fingerprint density at radius 1 is 0.551 bits per heavy atom. The Morgan fingerprint density at radius 3 is 1.58 bits per heavy atom. The maximum Gasteiger partial charge on any atom is 0.305 e. The fraction of sp³-hybridized carbons (Fsp3) is 0.793. The first-order chi connectivity index (χ1) is 33.7. The summed E-state index contributed by atoms with van der Waals surface area (Å²) >= 11 is 0. The fourth-order valence-electron chi connectivity index (χ4n) is 8.38. The molecule has 0 aromatic carbocycles. The van der Waals surface area contributed by atoms with Crippen LogP contribution >= 0.6 is 0 Å². The number of carbonyl (C=O) groups excluding carboxylic acids is 2. The summed E-state index contributed by atoms with van der Waals surface area (Å²) in [5.74, 6) is -0.249. The van der Waals surface area contributed by atoms with Gasteiger partial charge >= 0.3 is 5.97 Å². The number of carbonyl (C=O) groups is 2. The Hall–Kier alpha value is -2.64. The molecule has 1 rings (SSSR count). The Balaban J connectivity index is 2.12. The average Bonchev–Trinajstić information content (AvgIpc) is 3.34. The van der Waals surface area contributed by atoms with Gasteiger partial charge in [-0.2, -0.15) is 0 Å². The molecule has 7 atom stereocenters. The highest BCUT2D eigenvalue weighted by atomic mass is 16.7. The fourth-order valence-corrected chi connectivity index (χ4v) is 8.38. The van der Waals surface area contributed by atoms with Gasteiger partial charge in [0.15, 0.2) is 6.29 Å². The van der Waals surface area contributed by atoms with Gasteiger partial charge in [0.1, 0.15) is 24.4 Å². The number of unbranched alkanes of at least 4 members (excludes halogenated alkanes) is 25. The molecule has 11 heteroatoms. The van der Waals surface area contributed by atoms with Crippen LogP contribution in [0.3, 0.4) is 0 Å². The number of aliphatic hydroxyl groups is 5. The second kappa shape index (κ2) is 47.7.